The van der Waals surface area contributed by atoms with E-state index >= 15 is 0 Å². The first-order valence-electron chi connectivity index (χ1n) is 7.06. The SMILES string of the molecule is CCOC(=O)c1cnn(C(c2cccc(C)c2)C(C)N)c1. The molecule has 0 saturated heterocycles. The summed E-state index contributed by atoms with van der Waals surface area (Å²) in [6, 6.07) is 7.88. The van der Waals surface area contributed by atoms with E-state index in [9.17, 15) is 4.79 Å². The molecule has 21 heavy (non-hydrogen) atoms. The van der Waals surface area contributed by atoms with Crippen molar-refractivity contribution in [3.05, 3.63) is 53.3 Å². The Morgan fingerprint density at radius 3 is 2.86 bits per heavy atom. The molecular formula is C16H21N3O2. The minimum absolute atomic E-state index is 0.118. The second-order valence-electron chi connectivity index (χ2n) is 5.15. The molecule has 0 bridgehead atoms. The van der Waals surface area contributed by atoms with Gasteiger partial charge < -0.3 is 10.5 Å². The van der Waals surface area contributed by atoms with Crippen molar-refractivity contribution >= 4 is 5.97 Å². The van der Waals surface area contributed by atoms with Crippen molar-refractivity contribution < 1.29 is 9.53 Å². The zero-order valence-electron chi connectivity index (χ0n) is 12.6. The van der Waals surface area contributed by atoms with Gasteiger partial charge in [0.05, 0.1) is 24.4 Å². The van der Waals surface area contributed by atoms with Crippen molar-refractivity contribution in [3.8, 4) is 0 Å². The van der Waals surface area contributed by atoms with E-state index in [2.05, 4.69) is 11.2 Å². The van der Waals surface area contributed by atoms with Gasteiger partial charge in [-0.3, -0.25) is 4.68 Å². The van der Waals surface area contributed by atoms with Crippen molar-refractivity contribution in [2.75, 3.05) is 6.61 Å². The van der Waals surface area contributed by atoms with Crippen molar-refractivity contribution in [1.29, 1.82) is 0 Å². The Labute approximate surface area is 124 Å². The quantitative estimate of drug-likeness (QED) is 0.857. The summed E-state index contributed by atoms with van der Waals surface area (Å²) in [6.07, 6.45) is 3.21. The average Bonchev–Trinajstić information content (AvgIpc) is 2.88. The second-order valence-corrected chi connectivity index (χ2v) is 5.15. The first kappa shape index (κ1) is 15.3. The number of ether oxygens (including phenoxy) is 1. The maximum atomic E-state index is 11.7. The largest absolute Gasteiger partial charge is 0.462 e. The van der Waals surface area contributed by atoms with E-state index in [-0.39, 0.29) is 18.1 Å². The van der Waals surface area contributed by atoms with Crippen LogP contribution in [0.1, 0.15) is 41.4 Å². The Bertz CT molecular complexity index is 619. The number of aromatic nitrogens is 2. The number of hydrogen-bond acceptors (Lipinski definition) is 4. The highest BCUT2D eigenvalue weighted by molar-refractivity contribution is 5.88. The first-order chi connectivity index (χ1) is 10.0. The van der Waals surface area contributed by atoms with Crippen LogP contribution in [0.5, 0.6) is 0 Å². The predicted molar refractivity (Wildman–Crippen MR) is 81.2 cm³/mol. The molecule has 1 heterocycles. The number of esters is 1. The monoisotopic (exact) mass is 287 g/mol. The summed E-state index contributed by atoms with van der Waals surface area (Å²) >= 11 is 0. The summed E-state index contributed by atoms with van der Waals surface area (Å²) in [6.45, 7) is 6.09. The standard InChI is InChI=1S/C16H21N3O2/c1-4-21-16(20)14-9-18-19(10-14)15(12(3)17)13-7-5-6-11(2)8-13/h5-10,12,15H,4,17H2,1-3H3. The number of aryl methyl sites for hydroxylation is 1. The summed E-state index contributed by atoms with van der Waals surface area (Å²) in [7, 11) is 0. The van der Waals surface area contributed by atoms with Crippen LogP contribution in [0.25, 0.3) is 0 Å². The fourth-order valence-corrected chi connectivity index (χ4v) is 2.36. The van der Waals surface area contributed by atoms with Gasteiger partial charge in [0.15, 0.2) is 0 Å². The summed E-state index contributed by atoms with van der Waals surface area (Å²) in [5, 5.41) is 4.28. The van der Waals surface area contributed by atoms with Crippen LogP contribution in [0, 0.1) is 6.92 Å². The smallest absolute Gasteiger partial charge is 0.341 e. The lowest BCUT2D eigenvalue weighted by Gasteiger charge is -2.22. The minimum Gasteiger partial charge on any atom is -0.462 e. The van der Waals surface area contributed by atoms with Crippen molar-refractivity contribution in [3.63, 3.8) is 0 Å². The van der Waals surface area contributed by atoms with Crippen LogP contribution in [0.4, 0.5) is 0 Å². The van der Waals surface area contributed by atoms with Crippen LogP contribution in [0.15, 0.2) is 36.7 Å². The van der Waals surface area contributed by atoms with Crippen molar-refractivity contribution in [2.24, 2.45) is 5.73 Å². The Morgan fingerprint density at radius 1 is 1.48 bits per heavy atom. The molecular weight excluding hydrogens is 266 g/mol. The molecule has 5 heteroatoms. The van der Waals surface area contributed by atoms with E-state index < -0.39 is 0 Å². The highest BCUT2D eigenvalue weighted by atomic mass is 16.5. The van der Waals surface area contributed by atoms with Crippen molar-refractivity contribution in [2.45, 2.75) is 32.9 Å². The van der Waals surface area contributed by atoms with Crippen LogP contribution < -0.4 is 5.73 Å². The number of nitrogens with two attached hydrogens (primary N) is 1. The molecule has 1 aromatic carbocycles. The fraction of sp³-hybridized carbons (Fsp3) is 0.375. The molecule has 2 rings (SSSR count). The van der Waals surface area contributed by atoms with Gasteiger partial charge in [-0.1, -0.05) is 29.8 Å². The number of rotatable bonds is 5. The van der Waals surface area contributed by atoms with Gasteiger partial charge in [-0.05, 0) is 26.3 Å². The summed E-state index contributed by atoms with van der Waals surface area (Å²) in [5.41, 5.74) is 8.79. The number of carbonyl (C=O) groups excluding carboxylic acids is 1. The van der Waals surface area contributed by atoms with Crippen LogP contribution in [0.3, 0.4) is 0 Å². The average molecular weight is 287 g/mol. The lowest BCUT2D eigenvalue weighted by atomic mass is 9.99. The van der Waals surface area contributed by atoms with E-state index in [1.54, 1.807) is 17.8 Å². The van der Waals surface area contributed by atoms with E-state index in [1.807, 2.05) is 32.0 Å². The molecule has 0 fully saturated rings. The molecule has 2 N–H and O–H groups in total. The lowest BCUT2D eigenvalue weighted by Crippen LogP contribution is -2.30. The highest BCUT2D eigenvalue weighted by Gasteiger charge is 2.21. The molecule has 0 aliphatic rings. The molecule has 112 valence electrons. The van der Waals surface area contributed by atoms with Gasteiger partial charge in [0, 0.05) is 12.2 Å². The van der Waals surface area contributed by atoms with E-state index in [1.165, 1.54) is 6.20 Å². The third kappa shape index (κ3) is 3.49. The molecule has 0 saturated carbocycles. The van der Waals surface area contributed by atoms with Gasteiger partial charge in [-0.15, -0.1) is 0 Å². The van der Waals surface area contributed by atoms with Crippen LogP contribution >= 0.6 is 0 Å². The van der Waals surface area contributed by atoms with Crippen LogP contribution in [-0.4, -0.2) is 28.4 Å². The molecule has 2 aromatic rings. The summed E-state index contributed by atoms with van der Waals surface area (Å²) in [5.74, 6) is -0.364. The second kappa shape index (κ2) is 6.54. The number of nitrogens with zero attached hydrogens (tertiary/aromatic N) is 2. The lowest BCUT2D eigenvalue weighted by molar-refractivity contribution is 0.0526. The molecule has 5 nitrogen and oxygen atoms in total. The third-order valence-electron chi connectivity index (χ3n) is 3.28. The molecule has 1 aromatic heterocycles. The fourth-order valence-electron chi connectivity index (χ4n) is 2.36. The predicted octanol–water partition coefficient (Wildman–Crippen LogP) is 2.30. The molecule has 0 aliphatic heterocycles. The van der Waals surface area contributed by atoms with Gasteiger partial charge in [-0.2, -0.15) is 5.10 Å². The Morgan fingerprint density at radius 2 is 2.24 bits per heavy atom. The maximum absolute atomic E-state index is 11.7. The Hall–Kier alpha value is -2.14. The molecule has 0 aliphatic carbocycles. The number of hydrogen-bond donors (Lipinski definition) is 1. The minimum atomic E-state index is -0.364. The highest BCUT2D eigenvalue weighted by Crippen LogP contribution is 2.22. The van der Waals surface area contributed by atoms with Crippen LogP contribution in [-0.2, 0) is 4.74 Å². The van der Waals surface area contributed by atoms with E-state index in [4.69, 9.17) is 10.5 Å². The summed E-state index contributed by atoms with van der Waals surface area (Å²) < 4.78 is 6.71. The number of carbonyl (C=O) groups is 1. The van der Waals surface area contributed by atoms with Gasteiger partial charge in [0.2, 0.25) is 0 Å². The van der Waals surface area contributed by atoms with Gasteiger partial charge in [0.1, 0.15) is 0 Å². The zero-order valence-corrected chi connectivity index (χ0v) is 12.6. The molecule has 0 amide bonds. The summed E-state index contributed by atoms with van der Waals surface area (Å²) in [4.78, 5) is 11.7. The normalized spacial score (nSPS) is 13.7. The molecule has 2 unspecified atom stereocenters. The molecule has 2 atom stereocenters. The topological polar surface area (TPSA) is 70.1 Å². The Balaban J connectivity index is 2.33. The first-order valence-corrected chi connectivity index (χ1v) is 7.06. The van der Waals surface area contributed by atoms with Crippen molar-refractivity contribution in [1.82, 2.24) is 9.78 Å². The maximum Gasteiger partial charge on any atom is 0.341 e. The molecule has 0 radical (unpaired) electrons. The van der Waals surface area contributed by atoms with Gasteiger partial charge >= 0.3 is 5.97 Å². The molecule has 0 spiro atoms. The van der Waals surface area contributed by atoms with Crippen LogP contribution in [0.2, 0.25) is 0 Å². The Kier molecular flexibility index (Phi) is 4.75. The van der Waals surface area contributed by atoms with E-state index in [0.29, 0.717) is 12.2 Å². The zero-order chi connectivity index (χ0) is 15.4. The third-order valence-corrected chi connectivity index (χ3v) is 3.28. The van der Waals surface area contributed by atoms with E-state index in [0.717, 1.165) is 11.1 Å². The van der Waals surface area contributed by atoms with Gasteiger partial charge in [0.25, 0.3) is 0 Å². The van der Waals surface area contributed by atoms with Gasteiger partial charge in [-0.25, -0.2) is 4.79 Å². The number of benzene rings is 1.